The summed E-state index contributed by atoms with van der Waals surface area (Å²) in [5.74, 6) is -0.291. The van der Waals surface area contributed by atoms with Gasteiger partial charge in [0.1, 0.15) is 10.7 Å². The lowest BCUT2D eigenvalue weighted by Gasteiger charge is -2.25. The van der Waals surface area contributed by atoms with E-state index in [9.17, 15) is 9.59 Å². The summed E-state index contributed by atoms with van der Waals surface area (Å²) in [4.78, 5) is 29.4. The van der Waals surface area contributed by atoms with Crippen LogP contribution in [0.25, 0.3) is 10.6 Å². The molecule has 2 aromatic heterocycles. The van der Waals surface area contributed by atoms with E-state index < -0.39 is 0 Å². The van der Waals surface area contributed by atoms with Crippen molar-refractivity contribution in [2.75, 3.05) is 19.6 Å². The van der Waals surface area contributed by atoms with Gasteiger partial charge in [0.05, 0.1) is 6.54 Å². The Kier molecular flexibility index (Phi) is 3.31. The third-order valence-electron chi connectivity index (χ3n) is 2.82. The number of carbonyl (C=O) groups excluding carboxylic acids is 2. The summed E-state index contributed by atoms with van der Waals surface area (Å²) in [7, 11) is 0. The molecule has 1 N–H and O–H groups in total. The second-order valence-corrected chi connectivity index (χ2v) is 5.76. The van der Waals surface area contributed by atoms with E-state index in [1.807, 2.05) is 16.8 Å². The maximum Gasteiger partial charge on any atom is 0.273 e. The smallest absolute Gasteiger partial charge is 0.273 e. The Morgan fingerprint density at radius 2 is 2.32 bits per heavy atom. The van der Waals surface area contributed by atoms with Gasteiger partial charge in [0, 0.05) is 29.4 Å². The van der Waals surface area contributed by atoms with Gasteiger partial charge in [-0.25, -0.2) is 4.98 Å². The molecule has 1 aliphatic heterocycles. The molecule has 3 heterocycles. The number of nitrogens with zero attached hydrogens (tertiary/aromatic N) is 2. The minimum atomic E-state index is -0.174. The molecule has 7 heteroatoms. The summed E-state index contributed by atoms with van der Waals surface area (Å²) in [5, 5.41) is 9.27. The van der Waals surface area contributed by atoms with E-state index in [-0.39, 0.29) is 18.4 Å². The fourth-order valence-electron chi connectivity index (χ4n) is 1.86. The molecule has 0 bridgehead atoms. The summed E-state index contributed by atoms with van der Waals surface area (Å²) < 4.78 is 0. The average molecular weight is 293 g/mol. The van der Waals surface area contributed by atoms with Crippen LogP contribution < -0.4 is 5.32 Å². The van der Waals surface area contributed by atoms with Crippen molar-refractivity contribution in [3.63, 3.8) is 0 Å². The van der Waals surface area contributed by atoms with Crippen LogP contribution in [0.3, 0.4) is 0 Å². The Bertz CT molecular complexity index is 606. The molecule has 1 aliphatic rings. The molecule has 0 radical (unpaired) electrons. The molecular weight excluding hydrogens is 282 g/mol. The van der Waals surface area contributed by atoms with E-state index in [1.165, 1.54) is 16.2 Å². The van der Waals surface area contributed by atoms with Crippen LogP contribution in [0.4, 0.5) is 0 Å². The topological polar surface area (TPSA) is 62.3 Å². The number of hydrogen-bond acceptors (Lipinski definition) is 5. The molecule has 0 aromatic carbocycles. The van der Waals surface area contributed by atoms with Gasteiger partial charge >= 0.3 is 0 Å². The molecule has 2 aromatic rings. The molecule has 0 aliphatic carbocycles. The Morgan fingerprint density at radius 1 is 1.42 bits per heavy atom. The van der Waals surface area contributed by atoms with Crippen LogP contribution >= 0.6 is 22.7 Å². The number of piperazine rings is 1. The lowest BCUT2D eigenvalue weighted by atomic mass is 10.3. The van der Waals surface area contributed by atoms with E-state index >= 15 is 0 Å². The van der Waals surface area contributed by atoms with Crippen molar-refractivity contribution in [1.29, 1.82) is 0 Å². The third-order valence-corrected chi connectivity index (χ3v) is 4.39. The number of thiazole rings is 1. The number of rotatable bonds is 2. The van der Waals surface area contributed by atoms with Gasteiger partial charge in [-0.15, -0.1) is 11.3 Å². The molecule has 1 fully saturated rings. The number of hydrogen-bond donors (Lipinski definition) is 1. The number of amides is 2. The Balaban J connectivity index is 1.79. The number of nitrogens with one attached hydrogen (secondary N) is 1. The second-order valence-electron chi connectivity index (χ2n) is 4.13. The van der Waals surface area contributed by atoms with Crippen molar-refractivity contribution in [1.82, 2.24) is 15.2 Å². The highest BCUT2D eigenvalue weighted by Gasteiger charge is 2.24. The Morgan fingerprint density at radius 3 is 3.05 bits per heavy atom. The molecule has 19 heavy (non-hydrogen) atoms. The highest BCUT2D eigenvalue weighted by Crippen LogP contribution is 2.26. The first-order valence-electron chi connectivity index (χ1n) is 5.78. The molecule has 0 saturated carbocycles. The third kappa shape index (κ3) is 2.52. The first kappa shape index (κ1) is 12.3. The number of carbonyl (C=O) groups is 2. The average Bonchev–Trinajstić information content (AvgIpc) is 3.08. The van der Waals surface area contributed by atoms with E-state index in [1.54, 1.807) is 16.7 Å². The molecule has 0 unspecified atom stereocenters. The van der Waals surface area contributed by atoms with Gasteiger partial charge in [-0.3, -0.25) is 9.59 Å². The first-order chi connectivity index (χ1) is 9.24. The Labute approximate surface area is 117 Å². The lowest BCUT2D eigenvalue weighted by molar-refractivity contribution is -0.123. The standard InChI is InChI=1S/C12H11N3O2S2/c16-10-5-15(3-2-13-10)12(17)9-7-19-11(14-9)8-1-4-18-6-8/h1,4,6-7H,2-3,5H2,(H,13,16). The van der Waals surface area contributed by atoms with Gasteiger partial charge in [0.15, 0.2) is 0 Å². The minimum absolute atomic E-state index is 0.115. The van der Waals surface area contributed by atoms with Gasteiger partial charge in [-0.05, 0) is 11.4 Å². The Hall–Kier alpha value is -1.73. The van der Waals surface area contributed by atoms with Crippen molar-refractivity contribution >= 4 is 34.5 Å². The summed E-state index contributed by atoms with van der Waals surface area (Å²) in [6.45, 7) is 1.16. The predicted molar refractivity (Wildman–Crippen MR) is 74.3 cm³/mol. The lowest BCUT2D eigenvalue weighted by Crippen LogP contribution is -2.50. The quantitative estimate of drug-likeness (QED) is 0.911. The van der Waals surface area contributed by atoms with Gasteiger partial charge in [-0.1, -0.05) is 0 Å². The maximum atomic E-state index is 12.2. The summed E-state index contributed by atoms with van der Waals surface area (Å²) in [6.07, 6.45) is 0. The normalized spacial score (nSPS) is 15.4. The van der Waals surface area contributed by atoms with Crippen molar-refractivity contribution < 1.29 is 9.59 Å². The highest BCUT2D eigenvalue weighted by atomic mass is 32.1. The predicted octanol–water partition coefficient (Wildman–Crippen LogP) is 1.44. The van der Waals surface area contributed by atoms with E-state index in [0.29, 0.717) is 18.8 Å². The fourth-order valence-corrected chi connectivity index (χ4v) is 3.37. The monoisotopic (exact) mass is 293 g/mol. The van der Waals surface area contributed by atoms with Crippen molar-refractivity contribution in [2.45, 2.75) is 0 Å². The summed E-state index contributed by atoms with van der Waals surface area (Å²) in [5.41, 5.74) is 1.45. The largest absolute Gasteiger partial charge is 0.353 e. The van der Waals surface area contributed by atoms with Crippen LogP contribution in [0, 0.1) is 0 Å². The first-order valence-corrected chi connectivity index (χ1v) is 7.60. The van der Waals surface area contributed by atoms with Crippen LogP contribution in [0.2, 0.25) is 0 Å². The van der Waals surface area contributed by atoms with Crippen LogP contribution in [-0.2, 0) is 4.79 Å². The van der Waals surface area contributed by atoms with Crippen LogP contribution in [0.5, 0.6) is 0 Å². The van der Waals surface area contributed by atoms with Gasteiger partial charge in [-0.2, -0.15) is 11.3 Å². The van der Waals surface area contributed by atoms with Crippen LogP contribution in [-0.4, -0.2) is 41.3 Å². The summed E-state index contributed by atoms with van der Waals surface area (Å²) >= 11 is 3.05. The van der Waals surface area contributed by atoms with Crippen molar-refractivity contribution in [3.05, 3.63) is 27.9 Å². The minimum Gasteiger partial charge on any atom is -0.353 e. The number of thiophene rings is 1. The van der Waals surface area contributed by atoms with Crippen molar-refractivity contribution in [2.24, 2.45) is 0 Å². The maximum absolute atomic E-state index is 12.2. The molecule has 5 nitrogen and oxygen atoms in total. The van der Waals surface area contributed by atoms with Crippen LogP contribution in [0.15, 0.2) is 22.2 Å². The van der Waals surface area contributed by atoms with Crippen LogP contribution in [0.1, 0.15) is 10.5 Å². The molecule has 0 atom stereocenters. The van der Waals surface area contributed by atoms with Gasteiger partial charge in [0.2, 0.25) is 5.91 Å². The van der Waals surface area contributed by atoms with E-state index in [0.717, 1.165) is 10.6 Å². The molecular formula is C12H11N3O2S2. The SMILES string of the molecule is O=C1CN(C(=O)c2csc(-c3ccsc3)n2)CCN1. The molecule has 98 valence electrons. The second kappa shape index (κ2) is 5.10. The van der Waals surface area contributed by atoms with Gasteiger partial charge in [0.25, 0.3) is 5.91 Å². The zero-order chi connectivity index (χ0) is 13.2. The zero-order valence-electron chi connectivity index (χ0n) is 9.96. The highest BCUT2D eigenvalue weighted by molar-refractivity contribution is 7.14. The fraction of sp³-hybridized carbons (Fsp3) is 0.250. The van der Waals surface area contributed by atoms with Gasteiger partial charge < -0.3 is 10.2 Å². The molecule has 1 saturated heterocycles. The van der Waals surface area contributed by atoms with Crippen molar-refractivity contribution in [3.8, 4) is 10.6 Å². The molecule has 2 amide bonds. The van der Waals surface area contributed by atoms with E-state index in [2.05, 4.69) is 10.3 Å². The number of aromatic nitrogens is 1. The molecule has 3 rings (SSSR count). The van der Waals surface area contributed by atoms with E-state index in [4.69, 9.17) is 0 Å². The molecule has 0 spiro atoms. The zero-order valence-corrected chi connectivity index (χ0v) is 11.6. The summed E-state index contributed by atoms with van der Waals surface area (Å²) in [6, 6.07) is 1.98.